The normalized spacial score (nSPS) is 17.3. The van der Waals surface area contributed by atoms with Gasteiger partial charge >= 0.3 is 0 Å². The highest BCUT2D eigenvalue weighted by Gasteiger charge is 2.22. The summed E-state index contributed by atoms with van der Waals surface area (Å²) in [5.41, 5.74) is 0.746. The van der Waals surface area contributed by atoms with Crippen molar-refractivity contribution in [2.75, 3.05) is 0 Å². The SMILES string of the molecule is [2H]c1c([2H])c([2H])c2c(-c3c([2H])c([2H])c4c(c3[2H])c([2H])c([2H])c3c([2H])c([2H])c([2H])c([2H])c34)c3c([2H])c([2H])c([2H])c([2H])c3c(-c3ccc4oc5cc6ccccc6cc5c4c3)c2c1[2H].[2H]c1c([2H])c([2H])c2c(-c3c([2H])c4c([2H])c([2H])c([2H])c([2H])c4c4c([2H])c([2H])c([2H])c([2H])c34)c3c([2H])c([2H])c([2H])c([2H])c3c(-c3ccc4oc5cc6ccccc6cc5c4c3)c2c1[2H]. The van der Waals surface area contributed by atoms with Gasteiger partial charge in [0.1, 0.15) is 22.3 Å². The van der Waals surface area contributed by atoms with Gasteiger partial charge in [0.05, 0.1) is 46.6 Å². The molecule has 0 spiro atoms. The molecule has 2 nitrogen and oxygen atoms in total. The summed E-state index contributed by atoms with van der Waals surface area (Å²) in [7, 11) is 0. The molecule has 0 saturated carbocycles. The summed E-state index contributed by atoms with van der Waals surface area (Å²) in [6.45, 7) is 0. The third kappa shape index (κ3) is 7.78. The molecule has 0 unspecified atom stereocenters. The Morgan fingerprint density at radius 3 is 1.03 bits per heavy atom. The standard InChI is InChI=1S/2C44H26O/c1-2-11-29-26-42-40(24-28(29)10-1)39-25-32(20-22-41(39)45-42)44-37-15-7-5-13-35(37)43(36-14-6-8-16-38(36)44)31-19-21-34-30(23-31)18-17-27-9-3-4-12-33(27)34;1-2-12-28-26-42-39(23-27(28)11-1)38-25-30(21-22-41(38)45-42)43-34-17-7-9-19-36(34)44(37-20-10-8-18-35(37)43)40-24-29-13-3-4-14-31(29)32-15-5-6-16-33(32)40/h2*1-26H/i3D,4D,5D,6D,7D,8D,9D,12D,13D,14D,15D,16D,17D,18D,19D,21D,23D;3D,4D,5D,6D,7D,8D,9D,10D,13D,14D,15D,16D,17D,18D,19D,20D,24D. The Balaban J connectivity index is 0.000000163. The highest BCUT2D eigenvalue weighted by molar-refractivity contribution is 6.27. The molecular weight excluding hydrogens is 1090 g/mol. The van der Waals surface area contributed by atoms with Gasteiger partial charge in [-0.15, -0.1) is 0 Å². The first-order chi connectivity index (χ1) is 58.8. The van der Waals surface area contributed by atoms with Gasteiger partial charge in [0.2, 0.25) is 0 Å². The number of fused-ring (bicyclic) bond motifs is 18. The highest BCUT2D eigenvalue weighted by Crippen LogP contribution is 2.49. The van der Waals surface area contributed by atoms with Gasteiger partial charge in [-0.1, -0.05) is 254 Å². The smallest absolute Gasteiger partial charge is 0.136 e. The Bertz CT molecular complexity index is 8380. The van der Waals surface area contributed by atoms with E-state index in [1.807, 2.05) is 72.8 Å². The zero-order chi connectivity index (χ0) is 88.6. The summed E-state index contributed by atoms with van der Waals surface area (Å²) >= 11 is 0. The number of hydrogen-bond donors (Lipinski definition) is 0. The van der Waals surface area contributed by atoms with E-state index < -0.39 is 265 Å². The fraction of sp³-hybridized carbons (Fsp3) is 0. The molecule has 2 aromatic heterocycles. The van der Waals surface area contributed by atoms with Crippen LogP contribution in [0.1, 0.15) is 46.6 Å². The molecule has 0 atom stereocenters. The van der Waals surface area contributed by atoms with E-state index in [1.165, 1.54) is 0 Å². The van der Waals surface area contributed by atoms with E-state index in [1.54, 1.807) is 36.4 Å². The van der Waals surface area contributed by atoms with Gasteiger partial charge < -0.3 is 8.83 Å². The second kappa shape index (κ2) is 19.8. The molecule has 90 heavy (non-hydrogen) atoms. The Morgan fingerprint density at radius 1 is 0.200 bits per heavy atom. The van der Waals surface area contributed by atoms with Crippen LogP contribution in [-0.2, 0) is 0 Å². The lowest BCUT2D eigenvalue weighted by Gasteiger charge is -2.19. The molecule has 0 bridgehead atoms. The number of rotatable bonds is 4. The molecule has 20 aromatic rings. The van der Waals surface area contributed by atoms with Crippen molar-refractivity contribution in [2.24, 2.45) is 0 Å². The quantitative estimate of drug-likeness (QED) is 0.130. The van der Waals surface area contributed by atoms with Crippen LogP contribution in [0.25, 0.3) is 196 Å². The van der Waals surface area contributed by atoms with Crippen LogP contribution in [0.3, 0.4) is 0 Å². The van der Waals surface area contributed by atoms with Crippen LogP contribution in [0.2, 0.25) is 0 Å². The fourth-order valence-corrected chi connectivity index (χ4v) is 12.8. The second-order valence-corrected chi connectivity index (χ2v) is 21.5. The molecule has 20 rings (SSSR count). The lowest BCUT2D eigenvalue weighted by atomic mass is 9.83. The van der Waals surface area contributed by atoms with Crippen molar-refractivity contribution in [1.29, 1.82) is 0 Å². The third-order valence-electron chi connectivity index (χ3n) is 16.7. The monoisotopic (exact) mass is 1170 g/mol. The predicted molar refractivity (Wildman–Crippen MR) is 384 cm³/mol. The van der Waals surface area contributed by atoms with Gasteiger partial charge in [0.25, 0.3) is 0 Å². The van der Waals surface area contributed by atoms with E-state index in [9.17, 15) is 17.8 Å². The summed E-state index contributed by atoms with van der Waals surface area (Å²) in [5, 5.41) is 0.649. The molecule has 0 saturated heterocycles. The molecule has 0 N–H and O–H groups in total. The van der Waals surface area contributed by atoms with E-state index >= 15 is 0 Å². The first-order valence-corrected chi connectivity index (χ1v) is 28.3. The second-order valence-electron chi connectivity index (χ2n) is 21.5. The summed E-state index contributed by atoms with van der Waals surface area (Å²) < 4.78 is 319. The largest absolute Gasteiger partial charge is 0.456 e. The predicted octanol–water partition coefficient (Wildman–Crippen LogP) is 25.4. The van der Waals surface area contributed by atoms with Gasteiger partial charge in [0.15, 0.2) is 0 Å². The Hall–Kier alpha value is -11.8. The molecule has 0 aliphatic heterocycles. The molecule has 0 aliphatic carbocycles. The van der Waals surface area contributed by atoms with E-state index in [0.717, 1.165) is 21.5 Å². The highest BCUT2D eigenvalue weighted by atomic mass is 16.3. The van der Waals surface area contributed by atoms with Crippen LogP contribution in [0.4, 0.5) is 0 Å². The van der Waals surface area contributed by atoms with Gasteiger partial charge in [-0.2, -0.15) is 0 Å². The Labute approximate surface area is 565 Å². The molecule has 18 aromatic carbocycles. The van der Waals surface area contributed by atoms with Crippen molar-refractivity contribution in [3.05, 3.63) is 315 Å². The number of benzene rings is 18. The van der Waals surface area contributed by atoms with E-state index in [4.69, 9.17) is 37.6 Å². The summed E-state index contributed by atoms with van der Waals surface area (Å²) in [6, 6.07) is 8.97. The van der Waals surface area contributed by atoms with Gasteiger partial charge in [-0.05, 0) is 213 Å². The number of furan rings is 2. The van der Waals surface area contributed by atoms with Crippen LogP contribution >= 0.6 is 0 Å². The molecule has 0 fully saturated rings. The molecule has 0 radical (unpaired) electrons. The lowest BCUT2D eigenvalue weighted by molar-refractivity contribution is 0.669. The van der Waals surface area contributed by atoms with E-state index in [2.05, 4.69) is 0 Å². The zero-order valence-corrected chi connectivity index (χ0v) is 46.2. The first-order valence-electron chi connectivity index (χ1n) is 45.3. The molecule has 2 heteroatoms. The van der Waals surface area contributed by atoms with Gasteiger partial charge in [-0.25, -0.2) is 0 Å². The van der Waals surface area contributed by atoms with E-state index in [0.29, 0.717) is 43.9 Å². The maximum absolute atomic E-state index is 9.78. The van der Waals surface area contributed by atoms with Crippen molar-refractivity contribution in [3.63, 3.8) is 0 Å². The first kappa shape index (κ1) is 27.5. The maximum atomic E-state index is 9.78. The van der Waals surface area contributed by atoms with Crippen LogP contribution in [0.15, 0.2) is 323 Å². The molecule has 2 heterocycles. The Kier molecular flexibility index (Phi) is 6.06. The topological polar surface area (TPSA) is 26.3 Å². The van der Waals surface area contributed by atoms with Gasteiger partial charge in [-0.3, -0.25) is 0 Å². The molecule has 0 aliphatic rings. The van der Waals surface area contributed by atoms with Crippen LogP contribution in [0, 0.1) is 0 Å². The zero-order valence-electron chi connectivity index (χ0n) is 80.2. The molecular formula is C88H52O2. The summed E-state index contributed by atoms with van der Waals surface area (Å²) in [5.74, 6) is 0. The minimum Gasteiger partial charge on any atom is -0.456 e. The summed E-state index contributed by atoms with van der Waals surface area (Å²) in [6.07, 6.45) is 0. The van der Waals surface area contributed by atoms with Crippen molar-refractivity contribution >= 4 is 152 Å². The average Bonchev–Trinajstić information content (AvgIpc) is 0.741. The molecule has 416 valence electrons. The Morgan fingerprint density at radius 2 is 0.544 bits per heavy atom. The third-order valence-corrected chi connectivity index (χ3v) is 16.7. The molecule has 0 amide bonds. The van der Waals surface area contributed by atoms with Crippen molar-refractivity contribution in [3.8, 4) is 44.5 Å². The van der Waals surface area contributed by atoms with Crippen LogP contribution in [-0.4, -0.2) is 0 Å². The minimum absolute atomic E-state index is 0.00338. The minimum atomic E-state index is -0.790. The summed E-state index contributed by atoms with van der Waals surface area (Å²) in [4.78, 5) is 0. The number of hydrogen-bond acceptors (Lipinski definition) is 2. The van der Waals surface area contributed by atoms with Crippen LogP contribution < -0.4 is 0 Å². The average molecular weight is 1180 g/mol. The van der Waals surface area contributed by atoms with Crippen molar-refractivity contribution in [2.45, 2.75) is 0 Å². The fourth-order valence-electron chi connectivity index (χ4n) is 12.8. The lowest BCUT2D eigenvalue weighted by Crippen LogP contribution is -1.92. The van der Waals surface area contributed by atoms with E-state index in [-0.39, 0.29) is 70.7 Å². The van der Waals surface area contributed by atoms with Gasteiger partial charge in [0, 0.05) is 21.5 Å². The van der Waals surface area contributed by atoms with Crippen molar-refractivity contribution in [1.82, 2.24) is 0 Å². The van der Waals surface area contributed by atoms with Crippen LogP contribution in [0.5, 0.6) is 0 Å². The van der Waals surface area contributed by atoms with Crippen molar-refractivity contribution < 1.29 is 55.4 Å². The maximum Gasteiger partial charge on any atom is 0.136 e.